The second kappa shape index (κ2) is 19.3. The number of amides is 1. The van der Waals surface area contributed by atoms with E-state index in [4.69, 9.17) is 26.3 Å². The minimum absolute atomic E-state index is 0. The first-order chi connectivity index (χ1) is 25.2. The van der Waals surface area contributed by atoms with Crippen LogP contribution in [0.25, 0.3) is 11.3 Å². The van der Waals surface area contributed by atoms with Gasteiger partial charge in [0.15, 0.2) is 23.6 Å². The van der Waals surface area contributed by atoms with Gasteiger partial charge < -0.3 is 27.0 Å². The normalized spacial score (nSPS) is 16.0. The van der Waals surface area contributed by atoms with Crippen molar-refractivity contribution in [2.75, 3.05) is 45.7 Å². The number of aliphatic hydroxyl groups is 1. The summed E-state index contributed by atoms with van der Waals surface area (Å²) in [4.78, 5) is 35.4. The maximum absolute atomic E-state index is 15.5. The van der Waals surface area contributed by atoms with Crippen LogP contribution in [0.3, 0.4) is 0 Å². The van der Waals surface area contributed by atoms with E-state index >= 15 is 4.39 Å². The third-order valence-electron chi connectivity index (χ3n) is 8.39. The lowest BCUT2D eigenvalue weighted by atomic mass is 9.81. The summed E-state index contributed by atoms with van der Waals surface area (Å²) in [7, 11) is 3.44. The number of anilines is 1. The molecule has 4 aromatic rings. The molecule has 1 unspecified atom stereocenters. The summed E-state index contributed by atoms with van der Waals surface area (Å²) >= 11 is 7.31. The van der Waals surface area contributed by atoms with Crippen molar-refractivity contribution in [3.05, 3.63) is 104 Å². The van der Waals surface area contributed by atoms with E-state index in [0.29, 0.717) is 44.5 Å². The highest BCUT2D eigenvalue weighted by molar-refractivity contribution is 7.10. The van der Waals surface area contributed by atoms with Crippen molar-refractivity contribution in [2.24, 2.45) is 10.1 Å². The Labute approximate surface area is 336 Å². The van der Waals surface area contributed by atoms with E-state index in [-0.39, 0.29) is 56.8 Å². The molecule has 12 nitrogen and oxygen atoms in total. The summed E-state index contributed by atoms with van der Waals surface area (Å²) < 4.78 is 54.5. The highest BCUT2D eigenvalue weighted by atomic mass is 35.5. The molecule has 1 amide bonds. The molecule has 1 aliphatic heterocycles. The van der Waals surface area contributed by atoms with E-state index in [1.54, 1.807) is 67.7 Å². The highest BCUT2D eigenvalue weighted by Gasteiger charge is 2.49. The van der Waals surface area contributed by atoms with Crippen LogP contribution in [0.15, 0.2) is 70.1 Å². The highest BCUT2D eigenvalue weighted by Crippen LogP contribution is 2.43. The molecule has 19 heteroatoms. The van der Waals surface area contributed by atoms with Crippen LogP contribution in [0.4, 0.5) is 23.7 Å². The fourth-order valence-electron chi connectivity index (χ4n) is 5.55. The SMILES string of the molecule is C[C@@H](c1nc(-c2ccc(C#N)cc2)cs1)[C@](O)(C[N+]1(CCOC(=O)Nc2cc(Cl)ccc2COC(=O)CN(C)C)C=NC=N1)c1cc(F)c(F)cc1F.Cl.[Cl-]. The van der Waals surface area contributed by atoms with Crippen molar-refractivity contribution in [3.63, 3.8) is 0 Å². The molecule has 0 fully saturated rings. The number of aliphatic imine (C=N–C) groups is 1. The number of thiazole rings is 1. The molecule has 0 saturated carbocycles. The van der Waals surface area contributed by atoms with Gasteiger partial charge in [0.1, 0.15) is 32.1 Å². The smallest absolute Gasteiger partial charge is 0.411 e. The fourth-order valence-corrected chi connectivity index (χ4v) is 6.70. The zero-order valence-corrected chi connectivity index (χ0v) is 32.7. The summed E-state index contributed by atoms with van der Waals surface area (Å²) in [6.45, 7) is 0.615. The molecule has 0 aliphatic carbocycles. The van der Waals surface area contributed by atoms with Crippen molar-refractivity contribution >= 4 is 65.8 Å². The number of quaternary nitrogens is 1. The van der Waals surface area contributed by atoms with Crippen LogP contribution in [-0.2, 0) is 26.5 Å². The van der Waals surface area contributed by atoms with Gasteiger partial charge in [-0.25, -0.2) is 22.9 Å². The minimum Gasteiger partial charge on any atom is -1.00 e. The molecular weight excluding hydrogens is 806 g/mol. The Morgan fingerprint density at radius 3 is 2.45 bits per heavy atom. The standard InChI is InChI=1S/C36H33ClF3N7O5S.2ClH/c1-22(34-44-32(18-53-34)24-6-4-23(15-41)5-7-24)36(50,27-13-29(39)30(40)14-28(27)38)19-47(21-42-20-43-47)10-11-51-35(49)45-31-12-26(37)9-8-25(31)17-52-33(48)16-46(2)3;;/h4-9,12-14,18,20-22,50H,10-11,16-17,19H2,1-3H3;2*1H/t22-,36+,47?;;/m0../s1. The summed E-state index contributed by atoms with van der Waals surface area (Å²) in [6, 6.07) is 14.3. The van der Waals surface area contributed by atoms with Crippen molar-refractivity contribution < 1.29 is 54.3 Å². The van der Waals surface area contributed by atoms with Crippen molar-refractivity contribution in [1.82, 2.24) is 9.88 Å². The van der Waals surface area contributed by atoms with E-state index < -0.39 is 57.7 Å². The second-order valence-electron chi connectivity index (χ2n) is 12.5. The maximum Gasteiger partial charge on any atom is 0.411 e. The van der Waals surface area contributed by atoms with Gasteiger partial charge in [0.25, 0.3) is 0 Å². The average molecular weight is 841 g/mol. The molecule has 2 N–H and O–H groups in total. The Hall–Kier alpha value is -4.60. The van der Waals surface area contributed by atoms with Crippen molar-refractivity contribution in [1.29, 1.82) is 5.26 Å². The van der Waals surface area contributed by atoms with Gasteiger partial charge in [-0.3, -0.25) is 15.0 Å². The number of carbonyl (C=O) groups is 2. The van der Waals surface area contributed by atoms with Gasteiger partial charge in [0.2, 0.25) is 6.34 Å². The number of aromatic nitrogens is 1. The number of esters is 1. The molecule has 55 heavy (non-hydrogen) atoms. The number of nitrogens with one attached hydrogen (secondary N) is 1. The minimum atomic E-state index is -2.27. The van der Waals surface area contributed by atoms with Crippen LogP contribution < -0.4 is 17.7 Å². The Kier molecular flexibility index (Phi) is 15.7. The molecule has 0 spiro atoms. The molecule has 1 aromatic heterocycles. The van der Waals surface area contributed by atoms with Gasteiger partial charge in [0.05, 0.1) is 34.6 Å². The Balaban J connectivity index is 0.00000406. The zero-order chi connectivity index (χ0) is 38.3. The summed E-state index contributed by atoms with van der Waals surface area (Å²) in [5.41, 5.74) is -0.448. The van der Waals surface area contributed by atoms with E-state index in [1.807, 2.05) is 6.07 Å². The molecule has 0 bridgehead atoms. The lowest BCUT2D eigenvalue weighted by molar-refractivity contribution is -0.848. The lowest BCUT2D eigenvalue weighted by Gasteiger charge is -2.38. The molecule has 3 aromatic carbocycles. The number of nitriles is 1. The van der Waals surface area contributed by atoms with Gasteiger partial charge in [-0.1, -0.05) is 41.8 Å². The van der Waals surface area contributed by atoms with Gasteiger partial charge >= 0.3 is 12.1 Å². The Morgan fingerprint density at radius 2 is 1.80 bits per heavy atom. The Morgan fingerprint density at radius 1 is 1.09 bits per heavy atom. The molecule has 5 rings (SSSR count). The predicted octanol–water partition coefficient (Wildman–Crippen LogP) is 3.83. The number of halogens is 6. The van der Waals surface area contributed by atoms with Crippen molar-refractivity contribution in [2.45, 2.75) is 25.0 Å². The molecule has 0 saturated heterocycles. The topological polar surface area (TPSA) is 150 Å². The van der Waals surface area contributed by atoms with E-state index in [2.05, 4.69) is 20.4 Å². The van der Waals surface area contributed by atoms with Gasteiger partial charge in [-0.05, 0) is 44.4 Å². The number of rotatable bonds is 14. The summed E-state index contributed by atoms with van der Waals surface area (Å²) in [5, 5.41) is 30.9. The third-order valence-corrected chi connectivity index (χ3v) is 9.66. The van der Waals surface area contributed by atoms with Gasteiger partial charge in [-0.2, -0.15) is 10.3 Å². The number of nitrogens with zero attached hydrogens (tertiary/aromatic N) is 6. The number of benzene rings is 3. The average Bonchev–Trinajstić information content (AvgIpc) is 3.79. The second-order valence-corrected chi connectivity index (χ2v) is 13.8. The molecular formula is C36H35Cl3F3N7O5S. The molecule has 0 radical (unpaired) electrons. The Bertz CT molecular complexity index is 2090. The first-order valence-electron chi connectivity index (χ1n) is 16.0. The number of ether oxygens (including phenoxy) is 2. The predicted molar refractivity (Wildman–Crippen MR) is 200 cm³/mol. The van der Waals surface area contributed by atoms with Crippen LogP contribution in [0.1, 0.15) is 34.5 Å². The van der Waals surface area contributed by atoms with Crippen molar-refractivity contribution in [3.8, 4) is 17.3 Å². The monoisotopic (exact) mass is 839 g/mol. The first kappa shape index (κ1) is 44.8. The van der Waals surface area contributed by atoms with E-state index in [1.165, 1.54) is 18.7 Å². The number of hydrogen-bond donors (Lipinski definition) is 2. The summed E-state index contributed by atoms with van der Waals surface area (Å²) in [6.07, 6.45) is 1.66. The number of hydrogen-bond acceptors (Lipinski definition) is 11. The molecule has 3 atom stereocenters. The first-order valence-corrected chi connectivity index (χ1v) is 17.3. The van der Waals surface area contributed by atoms with Crippen LogP contribution >= 0.6 is 35.3 Å². The molecule has 292 valence electrons. The molecule has 1 aliphatic rings. The van der Waals surface area contributed by atoms with Crippen LogP contribution in [0, 0.1) is 28.8 Å². The van der Waals surface area contributed by atoms with Crippen LogP contribution in [0.2, 0.25) is 5.02 Å². The summed E-state index contributed by atoms with van der Waals surface area (Å²) in [5.74, 6) is -5.49. The molecule has 2 heterocycles. The third kappa shape index (κ3) is 11.0. The quantitative estimate of drug-likeness (QED) is 0.111. The van der Waals surface area contributed by atoms with Crippen LogP contribution in [0.5, 0.6) is 0 Å². The van der Waals surface area contributed by atoms with Crippen LogP contribution in [-0.4, -0.2) is 84.7 Å². The number of carbonyl (C=O) groups excluding carboxylic acids is 2. The largest absolute Gasteiger partial charge is 1.00 e. The van der Waals surface area contributed by atoms with Gasteiger partial charge in [-0.15, -0.1) is 28.3 Å². The number of likely N-dealkylation sites (N-methyl/N-ethyl adjacent to an activating group) is 1. The van der Waals surface area contributed by atoms with E-state index in [9.17, 15) is 23.5 Å². The fraction of sp³-hybridized carbons (Fsp3) is 0.278. The maximum atomic E-state index is 15.5. The lowest BCUT2D eigenvalue weighted by Crippen LogP contribution is -3.00. The van der Waals surface area contributed by atoms with Gasteiger partial charge in [0, 0.05) is 39.1 Å². The zero-order valence-electron chi connectivity index (χ0n) is 29.5. The van der Waals surface area contributed by atoms with E-state index in [0.717, 1.165) is 11.3 Å².